The maximum absolute atomic E-state index is 12.4. The SMILES string of the molecule is CCC1COC(C)CN1C(=O)c1ccc(Br)cn1. The van der Waals surface area contributed by atoms with Crippen molar-refractivity contribution < 1.29 is 9.53 Å². The van der Waals surface area contributed by atoms with E-state index in [1.54, 1.807) is 12.3 Å². The van der Waals surface area contributed by atoms with Crippen molar-refractivity contribution in [1.29, 1.82) is 0 Å². The van der Waals surface area contributed by atoms with Gasteiger partial charge in [-0.25, -0.2) is 4.98 Å². The number of carbonyl (C=O) groups is 1. The van der Waals surface area contributed by atoms with Crippen LogP contribution in [0.5, 0.6) is 0 Å². The molecule has 2 atom stereocenters. The first-order valence-electron chi connectivity index (χ1n) is 6.16. The number of carbonyl (C=O) groups excluding carboxylic acids is 1. The quantitative estimate of drug-likeness (QED) is 0.842. The van der Waals surface area contributed by atoms with Gasteiger partial charge in [-0.1, -0.05) is 6.92 Å². The van der Waals surface area contributed by atoms with Crippen LogP contribution >= 0.6 is 15.9 Å². The van der Waals surface area contributed by atoms with Crippen LogP contribution in [-0.2, 0) is 4.74 Å². The number of hydrogen-bond acceptors (Lipinski definition) is 3. The standard InChI is InChI=1S/C13H17BrN2O2/c1-3-11-8-18-9(2)7-16(11)13(17)12-5-4-10(14)6-15-12/h4-6,9,11H,3,7-8H2,1-2H3. The van der Waals surface area contributed by atoms with E-state index in [4.69, 9.17) is 4.74 Å². The Morgan fingerprint density at radius 2 is 2.39 bits per heavy atom. The summed E-state index contributed by atoms with van der Waals surface area (Å²) in [7, 11) is 0. The molecule has 18 heavy (non-hydrogen) atoms. The lowest BCUT2D eigenvalue weighted by Crippen LogP contribution is -2.51. The maximum atomic E-state index is 12.4. The summed E-state index contributed by atoms with van der Waals surface area (Å²) in [5.74, 6) is -0.00972. The topological polar surface area (TPSA) is 42.4 Å². The molecule has 1 aromatic heterocycles. The Morgan fingerprint density at radius 1 is 1.61 bits per heavy atom. The van der Waals surface area contributed by atoms with Gasteiger partial charge in [-0.2, -0.15) is 0 Å². The van der Waals surface area contributed by atoms with Crippen molar-refractivity contribution in [3.8, 4) is 0 Å². The predicted molar refractivity (Wildman–Crippen MR) is 72.5 cm³/mol. The molecule has 0 saturated carbocycles. The Hall–Kier alpha value is -0.940. The Morgan fingerprint density at radius 3 is 3.00 bits per heavy atom. The van der Waals surface area contributed by atoms with Gasteiger partial charge in [-0.15, -0.1) is 0 Å². The summed E-state index contributed by atoms with van der Waals surface area (Å²) >= 11 is 3.32. The molecule has 2 heterocycles. The molecule has 0 spiro atoms. The van der Waals surface area contributed by atoms with Crippen LogP contribution in [0.15, 0.2) is 22.8 Å². The van der Waals surface area contributed by atoms with Crippen LogP contribution in [0.1, 0.15) is 30.8 Å². The van der Waals surface area contributed by atoms with Gasteiger partial charge in [0.1, 0.15) is 5.69 Å². The summed E-state index contributed by atoms with van der Waals surface area (Å²) in [5, 5.41) is 0. The van der Waals surface area contributed by atoms with Gasteiger partial charge in [0, 0.05) is 17.2 Å². The van der Waals surface area contributed by atoms with Gasteiger partial charge in [-0.3, -0.25) is 4.79 Å². The van der Waals surface area contributed by atoms with Crippen molar-refractivity contribution >= 4 is 21.8 Å². The lowest BCUT2D eigenvalue weighted by molar-refractivity contribution is -0.0445. The fourth-order valence-corrected chi connectivity index (χ4v) is 2.32. The second kappa shape index (κ2) is 5.80. The smallest absolute Gasteiger partial charge is 0.272 e. The molecule has 0 aliphatic carbocycles. The van der Waals surface area contributed by atoms with Gasteiger partial charge in [0.25, 0.3) is 5.91 Å². The van der Waals surface area contributed by atoms with E-state index in [1.807, 2.05) is 17.9 Å². The van der Waals surface area contributed by atoms with Crippen molar-refractivity contribution in [2.45, 2.75) is 32.4 Å². The van der Waals surface area contributed by atoms with E-state index in [1.165, 1.54) is 0 Å². The van der Waals surface area contributed by atoms with Crippen LogP contribution in [0.2, 0.25) is 0 Å². The van der Waals surface area contributed by atoms with Crippen molar-refractivity contribution in [2.75, 3.05) is 13.2 Å². The van der Waals surface area contributed by atoms with Gasteiger partial charge in [-0.05, 0) is 41.4 Å². The highest BCUT2D eigenvalue weighted by Gasteiger charge is 2.30. The minimum absolute atomic E-state index is 0.00972. The van der Waals surface area contributed by atoms with Gasteiger partial charge in [0.05, 0.1) is 18.8 Å². The molecule has 2 unspecified atom stereocenters. The first-order chi connectivity index (χ1) is 8.61. The second-order valence-corrected chi connectivity index (χ2v) is 5.44. The first-order valence-corrected chi connectivity index (χ1v) is 6.95. The first kappa shape index (κ1) is 13.5. The molecular weight excluding hydrogens is 296 g/mol. The molecule has 0 bridgehead atoms. The predicted octanol–water partition coefficient (Wildman–Crippen LogP) is 2.48. The third-order valence-corrected chi connectivity index (χ3v) is 3.62. The lowest BCUT2D eigenvalue weighted by Gasteiger charge is -2.38. The zero-order valence-electron chi connectivity index (χ0n) is 10.6. The molecule has 0 N–H and O–H groups in total. The third kappa shape index (κ3) is 2.90. The highest BCUT2D eigenvalue weighted by Crippen LogP contribution is 2.17. The third-order valence-electron chi connectivity index (χ3n) is 3.15. The molecule has 2 rings (SSSR count). The minimum Gasteiger partial charge on any atom is -0.375 e. The Labute approximate surface area is 115 Å². The number of morpholine rings is 1. The van der Waals surface area contributed by atoms with E-state index in [9.17, 15) is 4.79 Å². The van der Waals surface area contributed by atoms with Gasteiger partial charge in [0.15, 0.2) is 0 Å². The van der Waals surface area contributed by atoms with Gasteiger partial charge >= 0.3 is 0 Å². The molecule has 0 aromatic carbocycles. The van der Waals surface area contributed by atoms with E-state index in [-0.39, 0.29) is 18.1 Å². The normalized spacial score (nSPS) is 24.1. The fraction of sp³-hybridized carbons (Fsp3) is 0.538. The molecule has 1 aromatic rings. The summed E-state index contributed by atoms with van der Waals surface area (Å²) in [4.78, 5) is 18.5. The largest absolute Gasteiger partial charge is 0.375 e. The zero-order chi connectivity index (χ0) is 13.1. The number of rotatable bonds is 2. The van der Waals surface area contributed by atoms with Crippen molar-refractivity contribution in [1.82, 2.24) is 9.88 Å². The summed E-state index contributed by atoms with van der Waals surface area (Å²) in [5.41, 5.74) is 0.491. The lowest BCUT2D eigenvalue weighted by atomic mass is 10.1. The number of ether oxygens (including phenoxy) is 1. The highest BCUT2D eigenvalue weighted by atomic mass is 79.9. The van der Waals surface area contributed by atoms with E-state index in [0.717, 1.165) is 10.9 Å². The van der Waals surface area contributed by atoms with E-state index < -0.39 is 0 Å². The monoisotopic (exact) mass is 312 g/mol. The molecule has 4 nitrogen and oxygen atoms in total. The van der Waals surface area contributed by atoms with Crippen LogP contribution in [-0.4, -0.2) is 41.1 Å². The van der Waals surface area contributed by atoms with E-state index in [0.29, 0.717) is 18.8 Å². The maximum Gasteiger partial charge on any atom is 0.272 e. The number of aromatic nitrogens is 1. The number of pyridine rings is 1. The zero-order valence-corrected chi connectivity index (χ0v) is 12.2. The Balaban J connectivity index is 2.17. The molecule has 1 saturated heterocycles. The molecule has 1 fully saturated rings. The van der Waals surface area contributed by atoms with Crippen LogP contribution in [0.4, 0.5) is 0 Å². The summed E-state index contributed by atoms with van der Waals surface area (Å²) < 4.78 is 6.47. The average molecular weight is 313 g/mol. The summed E-state index contributed by atoms with van der Waals surface area (Å²) in [6, 6.07) is 3.74. The van der Waals surface area contributed by atoms with Crippen LogP contribution in [0.3, 0.4) is 0 Å². The number of nitrogens with zero attached hydrogens (tertiary/aromatic N) is 2. The molecule has 0 radical (unpaired) electrons. The van der Waals surface area contributed by atoms with Gasteiger partial charge < -0.3 is 9.64 Å². The number of amides is 1. The van der Waals surface area contributed by atoms with E-state index in [2.05, 4.69) is 27.8 Å². The van der Waals surface area contributed by atoms with Crippen molar-refractivity contribution in [2.24, 2.45) is 0 Å². The molecule has 1 aliphatic heterocycles. The summed E-state index contributed by atoms with van der Waals surface area (Å²) in [6.45, 7) is 5.30. The molecule has 1 aliphatic rings. The minimum atomic E-state index is -0.00972. The van der Waals surface area contributed by atoms with Gasteiger partial charge in [0.2, 0.25) is 0 Å². The van der Waals surface area contributed by atoms with Crippen LogP contribution < -0.4 is 0 Å². The number of halogens is 1. The highest BCUT2D eigenvalue weighted by molar-refractivity contribution is 9.10. The van der Waals surface area contributed by atoms with Crippen LogP contribution in [0, 0.1) is 0 Å². The van der Waals surface area contributed by atoms with Crippen molar-refractivity contribution in [3.63, 3.8) is 0 Å². The second-order valence-electron chi connectivity index (χ2n) is 4.53. The molecular formula is C13H17BrN2O2. The fourth-order valence-electron chi connectivity index (χ4n) is 2.08. The van der Waals surface area contributed by atoms with Crippen LogP contribution in [0.25, 0.3) is 0 Å². The van der Waals surface area contributed by atoms with E-state index >= 15 is 0 Å². The molecule has 5 heteroatoms. The van der Waals surface area contributed by atoms with Crippen molar-refractivity contribution in [3.05, 3.63) is 28.5 Å². The Bertz CT molecular complexity index is 422. The Kier molecular flexibility index (Phi) is 4.35. The molecule has 98 valence electrons. The average Bonchev–Trinajstić information content (AvgIpc) is 2.39. The molecule has 1 amide bonds. The summed E-state index contributed by atoms with van der Waals surface area (Å²) in [6.07, 6.45) is 2.64. The number of hydrogen-bond donors (Lipinski definition) is 0.